The van der Waals surface area contributed by atoms with Gasteiger partial charge in [0.25, 0.3) is 0 Å². The molecule has 2 N–H and O–H groups in total. The molecule has 18 heavy (non-hydrogen) atoms. The second kappa shape index (κ2) is 5.32. The molecule has 0 radical (unpaired) electrons. The van der Waals surface area contributed by atoms with Gasteiger partial charge in [0.2, 0.25) is 10.0 Å². The summed E-state index contributed by atoms with van der Waals surface area (Å²) in [5.41, 5.74) is 2.19. The highest BCUT2D eigenvalue weighted by Crippen LogP contribution is 2.16. The molecule has 1 heterocycles. The molecule has 8 heteroatoms. The Morgan fingerprint density at radius 3 is 2.78 bits per heavy atom. The largest absolute Gasteiger partial charge is 0.379 e. The van der Waals surface area contributed by atoms with Gasteiger partial charge in [-0.25, -0.2) is 8.42 Å². The molecule has 0 unspecified atom stereocenters. The minimum absolute atomic E-state index is 0.527. The molecule has 0 amide bonds. The van der Waals surface area contributed by atoms with Crippen molar-refractivity contribution < 1.29 is 8.42 Å². The second-order valence-electron chi connectivity index (χ2n) is 3.70. The number of hydrogen-bond donors (Lipinski definition) is 2. The van der Waals surface area contributed by atoms with Crippen LogP contribution in [0, 0.1) is 0 Å². The van der Waals surface area contributed by atoms with Crippen molar-refractivity contribution >= 4 is 32.9 Å². The third-order valence-corrected chi connectivity index (χ3v) is 3.20. The van der Waals surface area contributed by atoms with Gasteiger partial charge >= 0.3 is 0 Å². The predicted octanol–water partition coefficient (Wildman–Crippen LogP) is 1.52. The van der Waals surface area contributed by atoms with Crippen molar-refractivity contribution in [2.45, 2.75) is 6.54 Å². The van der Waals surface area contributed by atoms with Crippen LogP contribution in [0.2, 0.25) is 0 Å². The zero-order valence-electron chi connectivity index (χ0n) is 9.62. The minimum atomic E-state index is -3.25. The molecule has 0 saturated carbocycles. The molecule has 0 aliphatic carbocycles. The maximum Gasteiger partial charge on any atom is 0.229 e. The van der Waals surface area contributed by atoms with Crippen LogP contribution in [0.15, 0.2) is 29.6 Å². The third kappa shape index (κ3) is 3.97. The van der Waals surface area contributed by atoms with Crippen LogP contribution in [0.25, 0.3) is 0 Å². The van der Waals surface area contributed by atoms with Crippen molar-refractivity contribution in [2.75, 3.05) is 16.3 Å². The van der Waals surface area contributed by atoms with E-state index in [1.54, 1.807) is 18.2 Å². The van der Waals surface area contributed by atoms with Crippen LogP contribution in [-0.4, -0.2) is 24.3 Å². The Bertz CT molecular complexity index is 611. The van der Waals surface area contributed by atoms with Gasteiger partial charge < -0.3 is 5.32 Å². The quantitative estimate of drug-likeness (QED) is 0.869. The molecule has 1 aromatic heterocycles. The van der Waals surface area contributed by atoms with Crippen LogP contribution in [0.3, 0.4) is 0 Å². The van der Waals surface area contributed by atoms with E-state index in [1.165, 1.54) is 11.5 Å². The number of hydrogen-bond acceptors (Lipinski definition) is 6. The molecule has 0 atom stereocenters. The zero-order valence-corrected chi connectivity index (χ0v) is 11.3. The predicted molar refractivity (Wildman–Crippen MR) is 72.1 cm³/mol. The fourth-order valence-electron chi connectivity index (χ4n) is 1.36. The van der Waals surface area contributed by atoms with E-state index < -0.39 is 10.0 Å². The molecular weight excluding hydrogens is 272 g/mol. The standard InChI is InChI=1S/C10H12N4O2S2/c1-18(15,16)13-9-4-2-3-8(5-9)11-6-10-7-17-14-12-10/h2-5,7,11,13H,6H2,1H3. The van der Waals surface area contributed by atoms with Crippen LogP contribution in [-0.2, 0) is 16.6 Å². The lowest BCUT2D eigenvalue weighted by Gasteiger charge is -2.07. The topological polar surface area (TPSA) is 84.0 Å². The van der Waals surface area contributed by atoms with Crippen molar-refractivity contribution in [3.8, 4) is 0 Å². The van der Waals surface area contributed by atoms with Gasteiger partial charge in [-0.05, 0) is 29.7 Å². The highest BCUT2D eigenvalue weighted by Gasteiger charge is 2.02. The Balaban J connectivity index is 2.03. The first kappa shape index (κ1) is 12.8. The van der Waals surface area contributed by atoms with Crippen LogP contribution < -0.4 is 10.0 Å². The van der Waals surface area contributed by atoms with Crippen LogP contribution >= 0.6 is 11.5 Å². The lowest BCUT2D eigenvalue weighted by Crippen LogP contribution is -2.09. The monoisotopic (exact) mass is 284 g/mol. The molecule has 96 valence electrons. The van der Waals surface area contributed by atoms with E-state index in [4.69, 9.17) is 0 Å². The van der Waals surface area contributed by atoms with Crippen molar-refractivity contribution in [3.63, 3.8) is 0 Å². The first-order chi connectivity index (χ1) is 8.53. The summed E-state index contributed by atoms with van der Waals surface area (Å²) >= 11 is 1.29. The Kier molecular flexibility index (Phi) is 3.78. The minimum Gasteiger partial charge on any atom is -0.379 e. The van der Waals surface area contributed by atoms with Crippen molar-refractivity contribution in [2.24, 2.45) is 0 Å². The molecule has 6 nitrogen and oxygen atoms in total. The van der Waals surface area contributed by atoms with Crippen LogP contribution in [0.1, 0.15) is 5.69 Å². The van der Waals surface area contributed by atoms with E-state index in [2.05, 4.69) is 19.6 Å². The second-order valence-corrected chi connectivity index (χ2v) is 6.06. The van der Waals surface area contributed by atoms with Crippen molar-refractivity contribution in [3.05, 3.63) is 35.3 Å². The summed E-state index contributed by atoms with van der Waals surface area (Å²) in [5, 5.41) is 8.90. The number of nitrogens with one attached hydrogen (secondary N) is 2. The highest BCUT2D eigenvalue weighted by atomic mass is 32.2. The number of rotatable bonds is 5. The fraction of sp³-hybridized carbons (Fsp3) is 0.200. The summed E-state index contributed by atoms with van der Waals surface area (Å²) in [4.78, 5) is 0. The third-order valence-electron chi connectivity index (χ3n) is 2.04. The Hall–Kier alpha value is -1.67. The Labute approximate surface area is 109 Å². The van der Waals surface area contributed by atoms with Crippen molar-refractivity contribution in [1.82, 2.24) is 9.59 Å². The highest BCUT2D eigenvalue weighted by molar-refractivity contribution is 7.92. The number of nitrogens with zero attached hydrogens (tertiary/aromatic N) is 2. The Morgan fingerprint density at radius 1 is 1.33 bits per heavy atom. The summed E-state index contributed by atoms with van der Waals surface area (Å²) in [6, 6.07) is 7.04. The lowest BCUT2D eigenvalue weighted by molar-refractivity contribution is 0.607. The molecule has 0 aliphatic rings. The van der Waals surface area contributed by atoms with E-state index >= 15 is 0 Å². The number of benzene rings is 1. The first-order valence-electron chi connectivity index (χ1n) is 5.10. The summed E-state index contributed by atoms with van der Waals surface area (Å²) in [6.45, 7) is 0.554. The van der Waals surface area contributed by atoms with Crippen molar-refractivity contribution in [1.29, 1.82) is 0 Å². The van der Waals surface area contributed by atoms with Crippen LogP contribution in [0.5, 0.6) is 0 Å². The van der Waals surface area contributed by atoms with Crippen LogP contribution in [0.4, 0.5) is 11.4 Å². The Morgan fingerprint density at radius 2 is 2.11 bits per heavy atom. The number of anilines is 2. The normalized spacial score (nSPS) is 11.2. The van der Waals surface area contributed by atoms with Gasteiger partial charge in [-0.3, -0.25) is 4.72 Å². The molecule has 0 fully saturated rings. The molecule has 0 aliphatic heterocycles. The summed E-state index contributed by atoms with van der Waals surface area (Å²) in [7, 11) is -3.25. The maximum absolute atomic E-state index is 11.1. The first-order valence-corrected chi connectivity index (χ1v) is 7.83. The van der Waals surface area contributed by atoms with Gasteiger partial charge in [-0.1, -0.05) is 10.6 Å². The smallest absolute Gasteiger partial charge is 0.229 e. The van der Waals surface area contributed by atoms with E-state index in [0.717, 1.165) is 17.6 Å². The van der Waals surface area contributed by atoms with E-state index in [1.807, 2.05) is 11.4 Å². The molecule has 0 saturated heterocycles. The average molecular weight is 284 g/mol. The van der Waals surface area contributed by atoms with Gasteiger partial charge in [-0.2, -0.15) is 0 Å². The van der Waals surface area contributed by atoms with Gasteiger partial charge in [-0.15, -0.1) is 5.10 Å². The number of aromatic nitrogens is 2. The molecular formula is C10H12N4O2S2. The number of sulfonamides is 1. The zero-order chi connectivity index (χ0) is 13.0. The van der Waals surface area contributed by atoms with E-state index in [0.29, 0.717) is 12.2 Å². The average Bonchev–Trinajstić information content (AvgIpc) is 2.77. The van der Waals surface area contributed by atoms with E-state index in [9.17, 15) is 8.42 Å². The van der Waals surface area contributed by atoms with Gasteiger partial charge in [0.1, 0.15) is 0 Å². The molecule has 1 aromatic carbocycles. The summed E-state index contributed by atoms with van der Waals surface area (Å²) < 4.78 is 28.4. The molecule has 0 spiro atoms. The van der Waals surface area contributed by atoms with E-state index in [-0.39, 0.29) is 0 Å². The van der Waals surface area contributed by atoms with Gasteiger partial charge in [0.15, 0.2) is 0 Å². The SMILES string of the molecule is CS(=O)(=O)Nc1cccc(NCc2csnn2)c1. The fourth-order valence-corrected chi connectivity index (χ4v) is 2.37. The maximum atomic E-state index is 11.1. The summed E-state index contributed by atoms with van der Waals surface area (Å²) in [6.07, 6.45) is 1.12. The van der Waals surface area contributed by atoms with Gasteiger partial charge in [0.05, 0.1) is 24.2 Å². The summed E-state index contributed by atoms with van der Waals surface area (Å²) in [5.74, 6) is 0. The molecule has 2 rings (SSSR count). The lowest BCUT2D eigenvalue weighted by atomic mass is 10.3. The molecule has 0 bridgehead atoms. The molecule has 2 aromatic rings. The van der Waals surface area contributed by atoms with Gasteiger partial charge in [0, 0.05) is 11.1 Å².